The fraction of sp³-hybridized carbons (Fsp3) is 0.375. The van der Waals surface area contributed by atoms with Crippen molar-refractivity contribution in [3.8, 4) is 5.75 Å². The van der Waals surface area contributed by atoms with Crippen molar-refractivity contribution in [3.05, 3.63) is 38.4 Å². The number of benzene rings is 1. The topological polar surface area (TPSA) is 234 Å². The van der Waals surface area contributed by atoms with Gasteiger partial charge in [-0.1, -0.05) is 6.07 Å². The van der Waals surface area contributed by atoms with Crippen molar-refractivity contribution in [2.75, 3.05) is 12.3 Å². The first-order chi connectivity index (χ1) is 15.0. The van der Waals surface area contributed by atoms with E-state index in [1.807, 2.05) is 0 Å². The van der Waals surface area contributed by atoms with E-state index in [1.165, 1.54) is 0 Å². The van der Waals surface area contributed by atoms with Crippen LogP contribution in [0.1, 0.15) is 12.8 Å². The second kappa shape index (κ2) is 12.2. The molecule has 2 atom stereocenters. The van der Waals surface area contributed by atoms with Crippen LogP contribution in [0.25, 0.3) is 0 Å². The van der Waals surface area contributed by atoms with E-state index in [9.17, 15) is 39.4 Å². The van der Waals surface area contributed by atoms with Gasteiger partial charge >= 0.3 is 23.3 Å². The molecular weight excluding hydrogens is 454 g/mol. The van der Waals surface area contributed by atoms with Crippen LogP contribution in [0.5, 0.6) is 5.75 Å². The number of hydrogen-bond donors (Lipinski definition) is 5. The van der Waals surface area contributed by atoms with Crippen LogP contribution in [0.4, 0.5) is 11.4 Å². The van der Waals surface area contributed by atoms with Gasteiger partial charge in [0, 0.05) is 18.2 Å². The number of carbonyl (C=O) groups is 4. The Morgan fingerprint density at radius 2 is 1.84 bits per heavy atom. The number of nitrogens with two attached hydrogens (primary N) is 1. The number of hydrogen-bond acceptors (Lipinski definition) is 11. The lowest BCUT2D eigenvalue weighted by molar-refractivity contribution is -0.423. The zero-order valence-corrected chi connectivity index (χ0v) is 17.2. The minimum absolute atomic E-state index is 0.170. The van der Waals surface area contributed by atoms with Crippen molar-refractivity contribution >= 4 is 47.8 Å². The summed E-state index contributed by atoms with van der Waals surface area (Å²) in [6.45, 7) is -0.775. The number of carbonyl (C=O) groups excluding carboxylic acids is 3. The van der Waals surface area contributed by atoms with Crippen LogP contribution in [0.3, 0.4) is 0 Å². The predicted octanol–water partition coefficient (Wildman–Crippen LogP) is -0.869. The van der Waals surface area contributed by atoms with Gasteiger partial charge in [0.05, 0.1) is 9.85 Å². The first-order valence-electron chi connectivity index (χ1n) is 8.76. The number of esters is 1. The Bertz CT molecular complexity index is 924. The van der Waals surface area contributed by atoms with E-state index in [-0.39, 0.29) is 18.6 Å². The van der Waals surface area contributed by atoms with Crippen LogP contribution in [0, 0.1) is 20.2 Å². The van der Waals surface area contributed by atoms with Crippen LogP contribution >= 0.6 is 12.6 Å². The maximum absolute atomic E-state index is 12.1. The first kappa shape index (κ1) is 26.2. The largest absolute Gasteiger partial charge is 0.480 e. The molecule has 0 saturated carbocycles. The lowest BCUT2D eigenvalue weighted by Crippen LogP contribution is -2.49. The SMILES string of the molecule is NC(CCC(=O)NC(CS)C(=O)NCC(=O)Oc1cccc([N+](=O)[O-])c1[N+](=O)[O-])C(=O)O. The smallest absolute Gasteiger partial charge is 0.388 e. The molecule has 0 aromatic heterocycles. The van der Waals surface area contributed by atoms with E-state index in [0.29, 0.717) is 0 Å². The highest BCUT2D eigenvalue weighted by Crippen LogP contribution is 2.36. The second-order valence-electron chi connectivity index (χ2n) is 6.12. The zero-order chi connectivity index (χ0) is 24.4. The molecular formula is C16H19N5O10S. The number of nitro groups is 2. The van der Waals surface area contributed by atoms with Gasteiger partial charge in [0.2, 0.25) is 17.6 Å². The molecule has 32 heavy (non-hydrogen) atoms. The predicted molar refractivity (Wildman–Crippen MR) is 109 cm³/mol. The Morgan fingerprint density at radius 1 is 1.19 bits per heavy atom. The van der Waals surface area contributed by atoms with Gasteiger partial charge in [-0.25, -0.2) is 4.79 Å². The van der Waals surface area contributed by atoms with Crippen molar-refractivity contribution in [1.29, 1.82) is 0 Å². The molecule has 1 aromatic carbocycles. The van der Waals surface area contributed by atoms with Gasteiger partial charge in [-0.3, -0.25) is 34.6 Å². The fourth-order valence-electron chi connectivity index (χ4n) is 2.24. The zero-order valence-electron chi connectivity index (χ0n) is 16.3. The lowest BCUT2D eigenvalue weighted by atomic mass is 10.1. The molecule has 0 aliphatic carbocycles. The number of amides is 2. The quantitative estimate of drug-likeness (QED) is 0.0822. The molecule has 1 aromatic rings. The highest BCUT2D eigenvalue weighted by molar-refractivity contribution is 7.80. The number of nitrogens with zero attached hydrogens (tertiary/aromatic N) is 2. The van der Waals surface area contributed by atoms with Crippen LogP contribution < -0.4 is 21.1 Å². The number of ether oxygens (including phenoxy) is 1. The molecule has 1 rings (SSSR count). The van der Waals surface area contributed by atoms with Crippen LogP contribution in [0.2, 0.25) is 0 Å². The van der Waals surface area contributed by atoms with Gasteiger partial charge in [-0.15, -0.1) is 0 Å². The normalized spacial score (nSPS) is 12.2. The van der Waals surface area contributed by atoms with E-state index < -0.39 is 69.4 Å². The molecule has 16 heteroatoms. The Kier molecular flexibility index (Phi) is 9.97. The third kappa shape index (κ3) is 7.80. The molecule has 0 spiro atoms. The molecule has 0 aliphatic rings. The summed E-state index contributed by atoms with van der Waals surface area (Å²) >= 11 is 3.91. The maximum atomic E-state index is 12.1. The summed E-state index contributed by atoms with van der Waals surface area (Å²) in [6, 6.07) is 0.475. The molecule has 0 fully saturated rings. The van der Waals surface area contributed by atoms with Gasteiger partial charge in [-0.05, 0) is 12.5 Å². The molecule has 0 heterocycles. The molecule has 5 N–H and O–H groups in total. The molecule has 0 bridgehead atoms. The minimum Gasteiger partial charge on any atom is -0.480 e. The number of carboxylic acid groups (broad SMARTS) is 1. The average molecular weight is 473 g/mol. The molecule has 174 valence electrons. The van der Waals surface area contributed by atoms with Crippen molar-refractivity contribution in [1.82, 2.24) is 10.6 Å². The van der Waals surface area contributed by atoms with Gasteiger partial charge in [0.15, 0.2) is 0 Å². The Labute approximate surface area is 185 Å². The molecule has 2 amide bonds. The van der Waals surface area contributed by atoms with Crippen molar-refractivity contribution < 1.29 is 38.9 Å². The van der Waals surface area contributed by atoms with E-state index in [0.717, 1.165) is 18.2 Å². The number of aliphatic carboxylic acids is 1. The highest BCUT2D eigenvalue weighted by Gasteiger charge is 2.31. The third-order valence-corrected chi connectivity index (χ3v) is 4.19. The van der Waals surface area contributed by atoms with Gasteiger partial charge in [-0.2, -0.15) is 12.6 Å². The van der Waals surface area contributed by atoms with Crippen LogP contribution in [0.15, 0.2) is 18.2 Å². The van der Waals surface area contributed by atoms with Gasteiger partial charge in [0.1, 0.15) is 18.6 Å². The molecule has 0 aliphatic heterocycles. The summed E-state index contributed by atoms with van der Waals surface area (Å²) in [5, 5.41) is 35.1. The van der Waals surface area contributed by atoms with Crippen molar-refractivity contribution in [3.63, 3.8) is 0 Å². The monoisotopic (exact) mass is 473 g/mol. The molecule has 0 saturated heterocycles. The number of nitro benzene ring substituents is 2. The maximum Gasteiger partial charge on any atom is 0.388 e. The van der Waals surface area contributed by atoms with Crippen molar-refractivity contribution in [2.24, 2.45) is 5.73 Å². The van der Waals surface area contributed by atoms with Crippen molar-refractivity contribution in [2.45, 2.75) is 24.9 Å². The van der Waals surface area contributed by atoms with E-state index in [2.05, 4.69) is 23.3 Å². The number of para-hydroxylation sites is 1. The molecule has 15 nitrogen and oxygen atoms in total. The fourth-order valence-corrected chi connectivity index (χ4v) is 2.49. The highest BCUT2D eigenvalue weighted by atomic mass is 32.1. The van der Waals surface area contributed by atoms with Gasteiger partial charge in [0.25, 0.3) is 0 Å². The van der Waals surface area contributed by atoms with E-state index in [4.69, 9.17) is 15.6 Å². The lowest BCUT2D eigenvalue weighted by Gasteiger charge is -2.16. The van der Waals surface area contributed by atoms with Crippen LogP contribution in [-0.4, -0.2) is 63.1 Å². The van der Waals surface area contributed by atoms with E-state index >= 15 is 0 Å². The molecule has 2 unspecified atom stereocenters. The minimum atomic E-state index is -1.29. The summed E-state index contributed by atoms with van der Waals surface area (Å²) in [5.74, 6) is -4.83. The first-order valence-corrected chi connectivity index (χ1v) is 9.40. The standard InChI is InChI=1S/C16H19N5O10S/c17-8(16(25)26)4-5-12(22)19-9(7-32)15(24)18-6-13(23)31-11-3-1-2-10(20(27)28)14(11)21(29)30/h1-3,8-9,32H,4-7,17H2,(H,18,24)(H,19,22)(H,25,26). The van der Waals surface area contributed by atoms with Gasteiger partial charge < -0.3 is 26.2 Å². The van der Waals surface area contributed by atoms with E-state index in [1.54, 1.807) is 0 Å². The Balaban J connectivity index is 2.68. The summed E-state index contributed by atoms with van der Waals surface area (Å²) in [7, 11) is 0. The number of rotatable bonds is 12. The Morgan fingerprint density at radius 3 is 2.38 bits per heavy atom. The van der Waals surface area contributed by atoms with Crippen LogP contribution in [-0.2, 0) is 19.2 Å². The number of carboxylic acids is 1. The number of thiol groups is 1. The molecule has 0 radical (unpaired) electrons. The summed E-state index contributed by atoms with van der Waals surface area (Å²) in [5.41, 5.74) is 3.37. The summed E-state index contributed by atoms with van der Waals surface area (Å²) in [6.07, 6.45) is -0.445. The summed E-state index contributed by atoms with van der Waals surface area (Å²) in [4.78, 5) is 66.5. The Hall–Kier alpha value is -3.79. The third-order valence-electron chi connectivity index (χ3n) is 3.82. The summed E-state index contributed by atoms with van der Waals surface area (Å²) < 4.78 is 4.75. The average Bonchev–Trinajstić information content (AvgIpc) is 2.73. The second-order valence-corrected chi connectivity index (χ2v) is 6.48. The number of nitrogens with one attached hydrogen (secondary N) is 2.